The molecule has 1 aliphatic rings. The monoisotopic (exact) mass is 302 g/mol. The summed E-state index contributed by atoms with van der Waals surface area (Å²) < 4.78 is 13.4. The van der Waals surface area contributed by atoms with Crippen LogP contribution in [-0.2, 0) is 11.3 Å². The number of hydrogen-bond donors (Lipinski definition) is 1. The summed E-state index contributed by atoms with van der Waals surface area (Å²) in [7, 11) is 0. The van der Waals surface area contributed by atoms with Gasteiger partial charge in [0.25, 0.3) is 0 Å². The Morgan fingerprint density at radius 3 is 2.95 bits per heavy atom. The summed E-state index contributed by atoms with van der Waals surface area (Å²) in [5.41, 5.74) is 1.22. The average molecular weight is 302 g/mol. The molecule has 2 heterocycles. The van der Waals surface area contributed by atoms with Gasteiger partial charge in [-0.05, 0) is 49.8 Å². The fourth-order valence-corrected chi connectivity index (χ4v) is 2.95. The smallest absolute Gasteiger partial charge is 0.120 e. The maximum Gasteiger partial charge on any atom is 0.120 e. The van der Waals surface area contributed by atoms with Gasteiger partial charge in [-0.2, -0.15) is 0 Å². The molecular formula is C18H24NO3. The van der Waals surface area contributed by atoms with E-state index in [1.54, 1.807) is 0 Å². The summed E-state index contributed by atoms with van der Waals surface area (Å²) in [6.07, 6.45) is 6.01. The van der Waals surface area contributed by atoms with Crippen LogP contribution in [0.25, 0.3) is 10.9 Å². The molecule has 0 spiro atoms. The first-order valence-corrected chi connectivity index (χ1v) is 8.19. The Labute approximate surface area is 131 Å². The highest BCUT2D eigenvalue weighted by Crippen LogP contribution is 2.24. The molecule has 1 aliphatic heterocycles. The van der Waals surface area contributed by atoms with Crippen molar-refractivity contribution in [2.75, 3.05) is 26.4 Å². The fraction of sp³-hybridized carbons (Fsp3) is 0.556. The van der Waals surface area contributed by atoms with Gasteiger partial charge in [-0.15, -0.1) is 0 Å². The summed E-state index contributed by atoms with van der Waals surface area (Å²) in [5, 5.41) is 9.87. The van der Waals surface area contributed by atoms with Crippen molar-refractivity contribution in [2.45, 2.75) is 32.2 Å². The van der Waals surface area contributed by atoms with Crippen LogP contribution in [0.15, 0.2) is 24.4 Å². The van der Waals surface area contributed by atoms with E-state index in [1.165, 1.54) is 5.52 Å². The van der Waals surface area contributed by atoms with E-state index in [4.69, 9.17) is 14.6 Å². The quantitative estimate of drug-likeness (QED) is 0.800. The molecule has 1 radical (unpaired) electrons. The molecule has 1 saturated heterocycles. The van der Waals surface area contributed by atoms with Gasteiger partial charge in [0.05, 0.1) is 6.61 Å². The van der Waals surface area contributed by atoms with E-state index >= 15 is 0 Å². The summed E-state index contributed by atoms with van der Waals surface area (Å²) in [5.74, 6) is 1.58. The van der Waals surface area contributed by atoms with Gasteiger partial charge in [-0.3, -0.25) is 0 Å². The molecule has 119 valence electrons. The molecule has 4 nitrogen and oxygen atoms in total. The highest BCUT2D eigenvalue weighted by atomic mass is 16.5. The highest BCUT2D eigenvalue weighted by Gasteiger charge is 2.15. The molecule has 1 N–H and O–H groups in total. The fourth-order valence-electron chi connectivity index (χ4n) is 2.95. The van der Waals surface area contributed by atoms with Crippen molar-refractivity contribution in [1.82, 2.24) is 4.57 Å². The second kappa shape index (κ2) is 7.65. The number of aliphatic hydroxyl groups excluding tert-OH is 1. The Morgan fingerprint density at radius 2 is 2.14 bits per heavy atom. The van der Waals surface area contributed by atoms with Crippen molar-refractivity contribution in [3.63, 3.8) is 0 Å². The van der Waals surface area contributed by atoms with Gasteiger partial charge in [0, 0.05) is 49.5 Å². The number of aromatic nitrogens is 1. The molecule has 1 fully saturated rings. The molecule has 0 amide bonds. The van der Waals surface area contributed by atoms with Crippen LogP contribution in [0, 0.1) is 12.0 Å². The lowest BCUT2D eigenvalue weighted by molar-refractivity contribution is 0.0616. The largest absolute Gasteiger partial charge is 0.494 e. The average Bonchev–Trinajstić information content (AvgIpc) is 2.95. The Bertz CT molecular complexity index is 587. The first-order valence-electron chi connectivity index (χ1n) is 8.19. The number of nitrogens with zero attached hydrogens (tertiary/aromatic N) is 1. The topological polar surface area (TPSA) is 43.6 Å². The standard InChI is InChI=1S/C18H24NO3/c20-9-1-2-10-22-17-3-4-18-16(13-17)5-8-19(18)14-15-6-11-21-12-7-15/h3-4,8,13,15,20H,1-2,6-7,9-12,14H2. The normalized spacial score (nSPS) is 16.2. The maximum absolute atomic E-state index is 8.77. The maximum atomic E-state index is 8.77. The van der Waals surface area contributed by atoms with Crippen molar-refractivity contribution in [3.05, 3.63) is 30.5 Å². The lowest BCUT2D eigenvalue weighted by atomic mass is 10.0. The molecule has 4 heteroatoms. The number of hydrogen-bond acceptors (Lipinski definition) is 3. The molecule has 1 aromatic carbocycles. The summed E-state index contributed by atoms with van der Waals surface area (Å²) in [6.45, 7) is 3.69. The van der Waals surface area contributed by atoms with E-state index in [9.17, 15) is 0 Å². The number of ether oxygens (including phenoxy) is 2. The minimum atomic E-state index is 0.227. The lowest BCUT2D eigenvalue weighted by Crippen LogP contribution is -2.19. The molecule has 2 aromatic rings. The van der Waals surface area contributed by atoms with E-state index in [0.29, 0.717) is 12.5 Å². The third kappa shape index (κ3) is 3.81. The summed E-state index contributed by atoms with van der Waals surface area (Å²) in [6, 6.07) is 9.52. The minimum Gasteiger partial charge on any atom is -0.494 e. The number of benzene rings is 1. The van der Waals surface area contributed by atoms with Gasteiger partial charge in [0.1, 0.15) is 5.75 Å². The highest BCUT2D eigenvalue weighted by molar-refractivity contribution is 5.81. The zero-order chi connectivity index (χ0) is 15.2. The number of rotatable bonds is 7. The Kier molecular flexibility index (Phi) is 5.35. The second-order valence-corrected chi connectivity index (χ2v) is 5.94. The van der Waals surface area contributed by atoms with Crippen LogP contribution < -0.4 is 4.74 Å². The molecule has 3 rings (SSSR count). The first-order chi connectivity index (χ1) is 10.9. The zero-order valence-corrected chi connectivity index (χ0v) is 13.0. The van der Waals surface area contributed by atoms with Gasteiger partial charge in [-0.1, -0.05) is 0 Å². The van der Waals surface area contributed by atoms with E-state index in [0.717, 1.165) is 56.6 Å². The van der Waals surface area contributed by atoms with E-state index in [1.807, 2.05) is 6.07 Å². The summed E-state index contributed by atoms with van der Waals surface area (Å²) >= 11 is 0. The predicted molar refractivity (Wildman–Crippen MR) is 86.1 cm³/mol. The number of aliphatic hydroxyl groups is 1. The molecule has 1 aromatic heterocycles. The van der Waals surface area contributed by atoms with Crippen LogP contribution in [0.4, 0.5) is 0 Å². The summed E-state index contributed by atoms with van der Waals surface area (Å²) in [4.78, 5) is 0. The van der Waals surface area contributed by atoms with Crippen molar-refractivity contribution < 1.29 is 14.6 Å². The SMILES string of the molecule is OCCCCOc1ccc2c([c]cn2CC2CCOCC2)c1. The van der Waals surface area contributed by atoms with Crippen molar-refractivity contribution in [1.29, 1.82) is 0 Å². The number of fused-ring (bicyclic) bond motifs is 1. The van der Waals surface area contributed by atoms with Crippen LogP contribution in [0.1, 0.15) is 25.7 Å². The Balaban J connectivity index is 1.64. The molecular weight excluding hydrogens is 278 g/mol. The van der Waals surface area contributed by atoms with Crippen LogP contribution in [0.2, 0.25) is 0 Å². The van der Waals surface area contributed by atoms with Crippen molar-refractivity contribution in [2.24, 2.45) is 5.92 Å². The van der Waals surface area contributed by atoms with Crippen LogP contribution in [0.5, 0.6) is 5.75 Å². The number of unbranched alkanes of at least 4 members (excludes halogenated alkanes) is 1. The van der Waals surface area contributed by atoms with E-state index in [-0.39, 0.29) is 6.61 Å². The minimum absolute atomic E-state index is 0.227. The van der Waals surface area contributed by atoms with Crippen molar-refractivity contribution in [3.8, 4) is 5.75 Å². The lowest BCUT2D eigenvalue weighted by Gasteiger charge is -2.22. The van der Waals surface area contributed by atoms with Crippen LogP contribution >= 0.6 is 0 Å². The third-order valence-electron chi connectivity index (χ3n) is 4.27. The molecule has 0 bridgehead atoms. The van der Waals surface area contributed by atoms with E-state index in [2.05, 4.69) is 29.0 Å². The van der Waals surface area contributed by atoms with Crippen LogP contribution in [0.3, 0.4) is 0 Å². The predicted octanol–water partition coefficient (Wildman–Crippen LogP) is 3.02. The van der Waals surface area contributed by atoms with Crippen LogP contribution in [-0.4, -0.2) is 36.1 Å². The molecule has 0 atom stereocenters. The first kappa shape index (κ1) is 15.4. The van der Waals surface area contributed by atoms with Gasteiger partial charge in [0.15, 0.2) is 0 Å². The Morgan fingerprint density at radius 1 is 1.27 bits per heavy atom. The van der Waals surface area contributed by atoms with Gasteiger partial charge in [-0.25, -0.2) is 0 Å². The molecule has 0 aliphatic carbocycles. The van der Waals surface area contributed by atoms with Gasteiger partial charge >= 0.3 is 0 Å². The molecule has 0 saturated carbocycles. The van der Waals surface area contributed by atoms with Crippen molar-refractivity contribution >= 4 is 10.9 Å². The van der Waals surface area contributed by atoms with Gasteiger partial charge < -0.3 is 19.1 Å². The van der Waals surface area contributed by atoms with Gasteiger partial charge in [0.2, 0.25) is 0 Å². The zero-order valence-electron chi connectivity index (χ0n) is 13.0. The second-order valence-electron chi connectivity index (χ2n) is 5.94. The molecule has 22 heavy (non-hydrogen) atoms. The Hall–Kier alpha value is -1.52. The third-order valence-corrected chi connectivity index (χ3v) is 4.27. The van der Waals surface area contributed by atoms with E-state index < -0.39 is 0 Å². The molecule has 0 unspecified atom stereocenters.